The molecule has 1 aromatic heterocycles. The zero-order valence-electron chi connectivity index (χ0n) is 13.5. The molecule has 1 aliphatic carbocycles. The molecule has 20 heavy (non-hydrogen) atoms. The summed E-state index contributed by atoms with van der Waals surface area (Å²) in [6.45, 7) is 6.75. The van der Waals surface area contributed by atoms with Crippen LogP contribution in [0.4, 0.5) is 0 Å². The first-order valence-corrected chi connectivity index (χ1v) is 8.47. The average molecular weight is 277 g/mol. The van der Waals surface area contributed by atoms with Crippen molar-refractivity contribution in [3.63, 3.8) is 0 Å². The molecule has 0 amide bonds. The van der Waals surface area contributed by atoms with Crippen molar-refractivity contribution in [2.45, 2.75) is 58.8 Å². The molecule has 114 valence electrons. The molecular weight excluding hydrogens is 246 g/mol. The lowest BCUT2D eigenvalue weighted by atomic mass is 9.87. The van der Waals surface area contributed by atoms with E-state index in [1.807, 2.05) is 0 Å². The maximum absolute atomic E-state index is 4.60. The van der Waals surface area contributed by atoms with Gasteiger partial charge in [0, 0.05) is 12.7 Å². The van der Waals surface area contributed by atoms with Gasteiger partial charge in [-0.2, -0.15) is 5.10 Å². The molecule has 2 rings (SSSR count). The average Bonchev–Trinajstić information content (AvgIpc) is 3.08. The molecule has 3 heteroatoms. The monoisotopic (exact) mass is 277 g/mol. The van der Waals surface area contributed by atoms with E-state index in [1.54, 1.807) is 0 Å². The molecule has 1 aliphatic rings. The van der Waals surface area contributed by atoms with Gasteiger partial charge in [0.1, 0.15) is 0 Å². The van der Waals surface area contributed by atoms with E-state index in [1.165, 1.54) is 56.5 Å². The fourth-order valence-corrected chi connectivity index (χ4v) is 3.50. The zero-order valence-corrected chi connectivity index (χ0v) is 13.5. The minimum atomic E-state index is 0.782. The lowest BCUT2D eigenvalue weighted by Crippen LogP contribution is -2.30. The van der Waals surface area contributed by atoms with Crippen LogP contribution in [-0.4, -0.2) is 22.9 Å². The fraction of sp³-hybridized carbons (Fsp3) is 0.824. The molecule has 1 atom stereocenters. The van der Waals surface area contributed by atoms with Gasteiger partial charge in [-0.1, -0.05) is 39.5 Å². The Labute approximate surface area is 124 Å². The Bertz CT molecular complexity index is 391. The summed E-state index contributed by atoms with van der Waals surface area (Å²) in [6, 6.07) is 2.31. The Hall–Kier alpha value is -0.830. The number of hydrogen-bond donors (Lipinski definition) is 1. The SMILES string of the molecule is CCCNCC(Cc1cc(CC)nn1C)C1CCCC1. The van der Waals surface area contributed by atoms with Crippen LogP contribution in [0.1, 0.15) is 57.3 Å². The summed E-state index contributed by atoms with van der Waals surface area (Å²) in [4.78, 5) is 0. The minimum absolute atomic E-state index is 0.782. The number of aromatic nitrogens is 2. The van der Waals surface area contributed by atoms with Gasteiger partial charge in [0.05, 0.1) is 5.69 Å². The zero-order chi connectivity index (χ0) is 14.4. The molecule has 3 nitrogen and oxygen atoms in total. The molecule has 1 heterocycles. The summed E-state index contributed by atoms with van der Waals surface area (Å²) in [6.07, 6.45) is 9.17. The van der Waals surface area contributed by atoms with Gasteiger partial charge in [-0.25, -0.2) is 0 Å². The van der Waals surface area contributed by atoms with Gasteiger partial charge in [0.2, 0.25) is 0 Å². The van der Waals surface area contributed by atoms with Crippen LogP contribution in [-0.2, 0) is 19.9 Å². The Kier molecular flexibility index (Phi) is 6.08. The van der Waals surface area contributed by atoms with Crippen LogP contribution in [0.25, 0.3) is 0 Å². The summed E-state index contributed by atoms with van der Waals surface area (Å²) in [5, 5.41) is 8.24. The summed E-state index contributed by atoms with van der Waals surface area (Å²) in [7, 11) is 2.10. The van der Waals surface area contributed by atoms with E-state index < -0.39 is 0 Å². The van der Waals surface area contributed by atoms with E-state index in [9.17, 15) is 0 Å². The van der Waals surface area contributed by atoms with Crippen LogP contribution in [0.3, 0.4) is 0 Å². The summed E-state index contributed by atoms with van der Waals surface area (Å²) in [5.41, 5.74) is 2.64. The molecule has 1 N–H and O–H groups in total. The molecule has 1 unspecified atom stereocenters. The standard InChI is InChI=1S/C17H31N3/c1-4-10-18-13-15(14-8-6-7-9-14)11-17-12-16(5-2)19-20(17)3/h12,14-15,18H,4-11,13H2,1-3H3. The molecule has 0 saturated heterocycles. The summed E-state index contributed by atoms with van der Waals surface area (Å²) < 4.78 is 2.10. The lowest BCUT2D eigenvalue weighted by molar-refractivity contribution is 0.316. The van der Waals surface area contributed by atoms with Gasteiger partial charge in [0.25, 0.3) is 0 Å². The molecular formula is C17H31N3. The van der Waals surface area contributed by atoms with Crippen molar-refractivity contribution in [1.82, 2.24) is 15.1 Å². The predicted molar refractivity (Wildman–Crippen MR) is 84.9 cm³/mol. The van der Waals surface area contributed by atoms with Crippen molar-refractivity contribution < 1.29 is 0 Å². The topological polar surface area (TPSA) is 29.9 Å². The first-order chi connectivity index (χ1) is 9.74. The van der Waals surface area contributed by atoms with Gasteiger partial charge in [-0.15, -0.1) is 0 Å². The van der Waals surface area contributed by atoms with Crippen molar-refractivity contribution in [3.8, 4) is 0 Å². The van der Waals surface area contributed by atoms with Crippen LogP contribution >= 0.6 is 0 Å². The van der Waals surface area contributed by atoms with Gasteiger partial charge >= 0.3 is 0 Å². The van der Waals surface area contributed by atoms with E-state index in [2.05, 4.69) is 42.1 Å². The van der Waals surface area contributed by atoms with Crippen molar-refractivity contribution >= 4 is 0 Å². The summed E-state index contributed by atoms with van der Waals surface area (Å²) >= 11 is 0. The molecule has 0 bridgehead atoms. The Balaban J connectivity index is 1.99. The van der Waals surface area contributed by atoms with Crippen LogP contribution in [0, 0.1) is 11.8 Å². The maximum Gasteiger partial charge on any atom is 0.0624 e. The second kappa shape index (κ2) is 7.82. The van der Waals surface area contributed by atoms with Gasteiger partial charge in [-0.3, -0.25) is 4.68 Å². The molecule has 0 aromatic carbocycles. The van der Waals surface area contributed by atoms with Gasteiger partial charge < -0.3 is 5.32 Å². The second-order valence-electron chi connectivity index (χ2n) is 6.32. The Morgan fingerprint density at radius 1 is 1.35 bits per heavy atom. The van der Waals surface area contributed by atoms with Crippen LogP contribution in [0.5, 0.6) is 0 Å². The smallest absolute Gasteiger partial charge is 0.0624 e. The van der Waals surface area contributed by atoms with E-state index in [4.69, 9.17) is 0 Å². The third-order valence-corrected chi connectivity index (χ3v) is 4.76. The third kappa shape index (κ3) is 4.08. The normalized spacial score (nSPS) is 17.8. The second-order valence-corrected chi connectivity index (χ2v) is 6.32. The summed E-state index contributed by atoms with van der Waals surface area (Å²) in [5.74, 6) is 1.70. The highest BCUT2D eigenvalue weighted by molar-refractivity contribution is 5.11. The number of nitrogens with zero attached hydrogens (tertiary/aromatic N) is 2. The van der Waals surface area contributed by atoms with Crippen LogP contribution in [0.2, 0.25) is 0 Å². The molecule has 0 aliphatic heterocycles. The third-order valence-electron chi connectivity index (χ3n) is 4.76. The van der Waals surface area contributed by atoms with Crippen molar-refractivity contribution in [1.29, 1.82) is 0 Å². The minimum Gasteiger partial charge on any atom is -0.316 e. The van der Waals surface area contributed by atoms with E-state index in [-0.39, 0.29) is 0 Å². The number of hydrogen-bond acceptors (Lipinski definition) is 2. The Morgan fingerprint density at radius 3 is 2.70 bits per heavy atom. The number of rotatable bonds is 8. The molecule has 0 spiro atoms. The highest BCUT2D eigenvalue weighted by atomic mass is 15.3. The van der Waals surface area contributed by atoms with Gasteiger partial charge in [-0.05, 0) is 50.3 Å². The van der Waals surface area contributed by atoms with E-state index in [0.717, 1.165) is 24.8 Å². The molecule has 0 radical (unpaired) electrons. The lowest BCUT2D eigenvalue weighted by Gasteiger charge is -2.24. The number of nitrogens with one attached hydrogen (secondary N) is 1. The van der Waals surface area contributed by atoms with Crippen LogP contribution < -0.4 is 5.32 Å². The van der Waals surface area contributed by atoms with E-state index >= 15 is 0 Å². The Morgan fingerprint density at radius 2 is 2.10 bits per heavy atom. The van der Waals surface area contributed by atoms with Gasteiger partial charge in [0.15, 0.2) is 0 Å². The predicted octanol–water partition coefficient (Wildman–Crippen LogP) is 3.33. The maximum atomic E-state index is 4.60. The van der Waals surface area contributed by atoms with Crippen LogP contribution in [0.15, 0.2) is 6.07 Å². The van der Waals surface area contributed by atoms with Crippen molar-refractivity contribution in [2.75, 3.05) is 13.1 Å². The highest BCUT2D eigenvalue weighted by Crippen LogP contribution is 2.33. The highest BCUT2D eigenvalue weighted by Gasteiger charge is 2.25. The quantitative estimate of drug-likeness (QED) is 0.739. The molecule has 1 saturated carbocycles. The fourth-order valence-electron chi connectivity index (χ4n) is 3.50. The largest absolute Gasteiger partial charge is 0.316 e. The molecule has 1 aromatic rings. The molecule has 1 fully saturated rings. The van der Waals surface area contributed by atoms with Crippen molar-refractivity contribution in [2.24, 2.45) is 18.9 Å². The number of aryl methyl sites for hydroxylation is 2. The first kappa shape index (κ1) is 15.6. The first-order valence-electron chi connectivity index (χ1n) is 8.47. The van der Waals surface area contributed by atoms with E-state index in [0.29, 0.717) is 0 Å². The van der Waals surface area contributed by atoms with Crippen molar-refractivity contribution in [3.05, 3.63) is 17.5 Å².